The van der Waals surface area contributed by atoms with Crippen LogP contribution in [-0.2, 0) is 10.0 Å². The first kappa shape index (κ1) is 32.4. The highest BCUT2D eigenvalue weighted by Gasteiger charge is 2.32. The first-order valence-corrected chi connectivity index (χ1v) is 15.9. The summed E-state index contributed by atoms with van der Waals surface area (Å²) in [6, 6.07) is 11.1. The number of hydrogen-bond donors (Lipinski definition) is 3. The maximum atomic E-state index is 14.0. The van der Waals surface area contributed by atoms with Crippen LogP contribution in [0.3, 0.4) is 0 Å². The Balaban J connectivity index is 1.91. The molecule has 3 N–H and O–H groups in total. The number of sulfonamides is 1. The Morgan fingerprint density at radius 3 is 2.28 bits per heavy atom. The third-order valence-corrected chi connectivity index (χ3v) is 8.80. The normalized spacial score (nSPS) is 17.3. The molecule has 1 aliphatic heterocycles. The minimum atomic E-state index is -4.18. The highest BCUT2D eigenvalue weighted by molar-refractivity contribution is 7.92. The Labute approximate surface area is 254 Å². The molecule has 0 radical (unpaired) electrons. The molecule has 1 aromatic heterocycles. The van der Waals surface area contributed by atoms with E-state index in [4.69, 9.17) is 4.74 Å². The highest BCUT2D eigenvalue weighted by Crippen LogP contribution is 2.34. The molecule has 232 valence electrons. The fourth-order valence-electron chi connectivity index (χ4n) is 5.40. The lowest BCUT2D eigenvalue weighted by Crippen LogP contribution is -2.48. The summed E-state index contributed by atoms with van der Waals surface area (Å²) in [5.74, 6) is -0.396. The van der Waals surface area contributed by atoms with Gasteiger partial charge in [-0.15, -0.1) is 0 Å². The molecule has 11 heteroatoms. The second kappa shape index (κ2) is 12.2. The van der Waals surface area contributed by atoms with Gasteiger partial charge >= 0.3 is 0 Å². The summed E-state index contributed by atoms with van der Waals surface area (Å²) in [7, 11) is -4.18. The molecule has 10 nitrogen and oxygen atoms in total. The molecule has 3 aromatic rings. The van der Waals surface area contributed by atoms with E-state index in [1.54, 1.807) is 38.7 Å². The summed E-state index contributed by atoms with van der Waals surface area (Å²) in [6.45, 7) is 12.7. The topological polar surface area (TPSA) is 142 Å². The number of rotatable bonds is 7. The molecule has 2 heterocycles. The van der Waals surface area contributed by atoms with Crippen molar-refractivity contribution in [3.05, 3.63) is 64.7 Å². The number of anilines is 1. The molecule has 0 saturated heterocycles. The van der Waals surface area contributed by atoms with E-state index >= 15 is 0 Å². The van der Waals surface area contributed by atoms with Gasteiger partial charge in [-0.25, -0.2) is 18.1 Å². The minimum Gasteiger partial charge on any atom is -0.475 e. The summed E-state index contributed by atoms with van der Waals surface area (Å²) >= 11 is 0. The van der Waals surface area contributed by atoms with Gasteiger partial charge in [-0.1, -0.05) is 24.3 Å². The predicted octanol–water partition coefficient (Wildman–Crippen LogP) is 4.78. The van der Waals surface area contributed by atoms with Crippen LogP contribution in [0.5, 0.6) is 5.88 Å². The number of aryl methyl sites for hydroxylation is 2. The lowest BCUT2D eigenvalue weighted by molar-refractivity contribution is 0.0143. The van der Waals surface area contributed by atoms with Crippen molar-refractivity contribution in [2.24, 2.45) is 0 Å². The number of benzene rings is 2. The molecule has 0 fully saturated rings. The summed E-state index contributed by atoms with van der Waals surface area (Å²) in [5.41, 5.74) is 1.97. The van der Waals surface area contributed by atoms with Gasteiger partial charge in [0.15, 0.2) is 0 Å². The molecule has 4 bridgehead atoms. The van der Waals surface area contributed by atoms with Crippen molar-refractivity contribution in [2.45, 2.75) is 89.9 Å². The Kier molecular flexibility index (Phi) is 9.20. The number of carbonyl (C=O) groups excluding carboxylic acids is 1. The Hall–Kier alpha value is -3.54. The van der Waals surface area contributed by atoms with Crippen LogP contribution in [0.25, 0.3) is 11.3 Å². The summed E-state index contributed by atoms with van der Waals surface area (Å²) in [5, 5.41) is 21.2. The lowest BCUT2D eigenvalue weighted by Gasteiger charge is -2.35. The Bertz CT molecular complexity index is 1590. The predicted molar refractivity (Wildman–Crippen MR) is 166 cm³/mol. The lowest BCUT2D eigenvalue weighted by atomic mass is 9.96. The number of amides is 1. The Morgan fingerprint density at radius 2 is 1.65 bits per heavy atom. The largest absolute Gasteiger partial charge is 0.475 e. The van der Waals surface area contributed by atoms with Crippen LogP contribution >= 0.6 is 0 Å². The van der Waals surface area contributed by atoms with Crippen LogP contribution in [-0.4, -0.2) is 69.8 Å². The first-order valence-electron chi connectivity index (χ1n) is 14.4. The van der Waals surface area contributed by atoms with E-state index < -0.39 is 33.2 Å². The van der Waals surface area contributed by atoms with Gasteiger partial charge in [-0.2, -0.15) is 4.98 Å². The summed E-state index contributed by atoms with van der Waals surface area (Å²) < 4.78 is 35.9. The maximum absolute atomic E-state index is 14.0. The molecule has 0 aliphatic carbocycles. The summed E-state index contributed by atoms with van der Waals surface area (Å²) in [4.78, 5) is 24.6. The summed E-state index contributed by atoms with van der Waals surface area (Å²) in [6.07, 6.45) is 1.08. The molecule has 43 heavy (non-hydrogen) atoms. The quantitative estimate of drug-likeness (QED) is 0.347. The van der Waals surface area contributed by atoms with E-state index in [9.17, 15) is 23.4 Å². The van der Waals surface area contributed by atoms with Crippen molar-refractivity contribution in [1.29, 1.82) is 0 Å². The van der Waals surface area contributed by atoms with E-state index in [0.717, 1.165) is 16.7 Å². The van der Waals surface area contributed by atoms with Crippen molar-refractivity contribution in [3.8, 4) is 17.1 Å². The highest BCUT2D eigenvalue weighted by atomic mass is 32.2. The number of aliphatic hydroxyl groups is 2. The number of fused-ring (bicyclic) bond motifs is 4. The van der Waals surface area contributed by atoms with Gasteiger partial charge in [-0.05, 0) is 97.1 Å². The average Bonchev–Trinajstić information content (AvgIpc) is 2.89. The number of nitrogens with one attached hydrogen (secondary N) is 1. The molecular weight excluding hydrogens is 568 g/mol. The van der Waals surface area contributed by atoms with Crippen LogP contribution < -0.4 is 9.46 Å². The zero-order valence-electron chi connectivity index (χ0n) is 25.9. The number of hydrogen-bond acceptors (Lipinski definition) is 8. The van der Waals surface area contributed by atoms with Crippen molar-refractivity contribution >= 4 is 21.9 Å². The van der Waals surface area contributed by atoms with E-state index in [1.165, 1.54) is 18.2 Å². The third kappa shape index (κ3) is 7.90. The van der Waals surface area contributed by atoms with Gasteiger partial charge in [0.1, 0.15) is 6.61 Å². The number of carbonyl (C=O) groups is 1. The van der Waals surface area contributed by atoms with Gasteiger partial charge in [-0.3, -0.25) is 4.79 Å². The van der Waals surface area contributed by atoms with Crippen LogP contribution in [0.1, 0.15) is 74.0 Å². The van der Waals surface area contributed by atoms with E-state index in [2.05, 4.69) is 14.7 Å². The molecule has 1 atom stereocenters. The van der Waals surface area contributed by atoms with Crippen LogP contribution in [0.2, 0.25) is 0 Å². The second-order valence-electron chi connectivity index (χ2n) is 12.6. The SMILES string of the molecule is Cc1cccc(C)c1-c1nc2nc(c1C)OC[C@@H](CC(C)(C)O)N(CCCC(C)(C)O)C(=O)c1cccc(c1)S(=O)(=O)N2. The maximum Gasteiger partial charge on any atom is 0.264 e. The number of ether oxygens (including phenoxy) is 1. The van der Waals surface area contributed by atoms with Crippen molar-refractivity contribution < 1.29 is 28.2 Å². The molecule has 2 aromatic carbocycles. The Morgan fingerprint density at radius 1 is 1.00 bits per heavy atom. The smallest absolute Gasteiger partial charge is 0.264 e. The second-order valence-corrected chi connectivity index (χ2v) is 14.3. The van der Waals surface area contributed by atoms with Gasteiger partial charge in [0.25, 0.3) is 15.9 Å². The third-order valence-electron chi connectivity index (χ3n) is 7.47. The number of aromatic nitrogens is 2. The zero-order valence-corrected chi connectivity index (χ0v) is 26.7. The standard InChI is InChI=1S/C32H42N4O6S/c1-20-11-8-12-21(2)26(20)27-22(3)28-34-30(33-27)35-43(40,41)25-14-9-13-23(17-25)29(37)36(16-10-15-31(4,5)38)24(19-42-28)18-32(6,7)39/h8-9,11-14,17,24,38-39H,10,15-16,18-19H2,1-7H3,(H,33,34,35)/t24-/m1/s1. The zero-order chi connectivity index (χ0) is 31.7. The minimum absolute atomic E-state index is 0.0197. The molecule has 1 aliphatic rings. The van der Waals surface area contributed by atoms with Crippen molar-refractivity contribution in [3.63, 3.8) is 0 Å². The van der Waals surface area contributed by atoms with E-state index in [1.807, 2.05) is 39.0 Å². The van der Waals surface area contributed by atoms with Gasteiger partial charge < -0.3 is 19.8 Å². The van der Waals surface area contributed by atoms with Gasteiger partial charge in [0.05, 0.1) is 27.8 Å². The first-order chi connectivity index (χ1) is 19.9. The molecule has 0 saturated carbocycles. The van der Waals surface area contributed by atoms with Crippen LogP contribution in [0.15, 0.2) is 47.4 Å². The fraction of sp³-hybridized carbons (Fsp3) is 0.469. The fourth-order valence-corrected chi connectivity index (χ4v) is 6.39. The number of nitrogens with zero attached hydrogens (tertiary/aromatic N) is 3. The monoisotopic (exact) mass is 610 g/mol. The molecule has 4 rings (SSSR count). The van der Waals surface area contributed by atoms with Crippen LogP contribution in [0, 0.1) is 20.8 Å². The molecule has 0 spiro atoms. The molecule has 0 unspecified atom stereocenters. The van der Waals surface area contributed by atoms with E-state index in [0.29, 0.717) is 24.1 Å². The van der Waals surface area contributed by atoms with Gasteiger partial charge in [0.2, 0.25) is 11.8 Å². The van der Waals surface area contributed by atoms with Crippen molar-refractivity contribution in [2.75, 3.05) is 17.9 Å². The van der Waals surface area contributed by atoms with Crippen LogP contribution in [0.4, 0.5) is 5.95 Å². The van der Waals surface area contributed by atoms with E-state index in [-0.39, 0.29) is 41.9 Å². The molecule has 1 amide bonds. The average molecular weight is 611 g/mol. The molecular formula is C32H42N4O6S. The van der Waals surface area contributed by atoms with Crippen molar-refractivity contribution in [1.82, 2.24) is 14.9 Å². The van der Waals surface area contributed by atoms with Gasteiger partial charge in [0, 0.05) is 23.2 Å².